The topological polar surface area (TPSA) is 185 Å². The molecule has 14 heteroatoms. The molecule has 2 aromatic carbocycles. The van der Waals surface area contributed by atoms with Gasteiger partial charge in [-0.2, -0.15) is 16.8 Å². The van der Waals surface area contributed by atoms with Gasteiger partial charge in [0.15, 0.2) is 17.3 Å². The van der Waals surface area contributed by atoms with Crippen molar-refractivity contribution in [3.63, 3.8) is 0 Å². The molecular weight excluding hydrogens is 443 g/mol. The molecule has 0 bridgehead atoms. The molecule has 0 fully saturated rings. The third-order valence-electron chi connectivity index (χ3n) is 3.62. The molecule has 0 heterocycles. The third-order valence-corrected chi connectivity index (χ3v) is 5.36. The molecule has 0 radical (unpaired) electrons. The van der Waals surface area contributed by atoms with Gasteiger partial charge in [-0.15, -0.1) is 0 Å². The van der Waals surface area contributed by atoms with Crippen molar-refractivity contribution in [3.8, 4) is 23.0 Å². The van der Waals surface area contributed by atoms with Crippen molar-refractivity contribution in [1.82, 2.24) is 0 Å². The van der Waals surface area contributed by atoms with Crippen molar-refractivity contribution in [2.45, 2.75) is 9.79 Å². The zero-order valence-corrected chi connectivity index (χ0v) is 18.9. The molecule has 154 valence electrons. The third kappa shape index (κ3) is 5.01. The monoisotopic (exact) mass is 458 g/mol. The predicted octanol–water partition coefficient (Wildman–Crippen LogP) is -2.04. The normalized spacial score (nSPS) is 11.4. The largest absolute Gasteiger partial charge is 1.00 e. The van der Waals surface area contributed by atoms with Gasteiger partial charge in [0.1, 0.15) is 15.5 Å². The molecule has 0 amide bonds. The van der Waals surface area contributed by atoms with Crippen LogP contribution in [0, 0.1) is 0 Å². The molecule has 0 aromatic heterocycles. The van der Waals surface area contributed by atoms with E-state index in [1.54, 1.807) is 0 Å². The second kappa shape index (κ2) is 8.87. The van der Waals surface area contributed by atoms with Crippen LogP contribution in [0.25, 0.3) is 0 Å². The Hall–Kier alpha value is -1.87. The van der Waals surface area contributed by atoms with Crippen molar-refractivity contribution in [2.75, 3.05) is 14.2 Å². The fourth-order valence-corrected chi connectivity index (χ4v) is 3.72. The molecule has 0 saturated heterocycles. The van der Waals surface area contributed by atoms with E-state index in [0.717, 1.165) is 32.4 Å². The summed E-state index contributed by atoms with van der Waals surface area (Å²) in [5.74, 6) is -4.42. The van der Waals surface area contributed by atoms with E-state index in [2.05, 4.69) is 4.74 Å². The number of methoxy groups -OCH3 is 2. The SMILES string of the molecule is COc1ccc(C(=O)c2cc(S(=O)(=O)O)c(OC)c(O)c2O)cc1S(=O)(=O)O.[H-].[Na+]. The fraction of sp³-hybridized carbons (Fsp3) is 0.133. The van der Waals surface area contributed by atoms with E-state index >= 15 is 0 Å². The Morgan fingerprint density at radius 1 is 0.897 bits per heavy atom. The summed E-state index contributed by atoms with van der Waals surface area (Å²) in [7, 11) is -7.69. The van der Waals surface area contributed by atoms with E-state index in [0.29, 0.717) is 6.07 Å². The first-order valence-corrected chi connectivity index (χ1v) is 10.0. The summed E-state index contributed by atoms with van der Waals surface area (Å²) in [4.78, 5) is 10.9. The smallest absolute Gasteiger partial charge is 1.00 e. The maximum absolute atomic E-state index is 12.7. The number of ketones is 1. The number of phenolic OH excluding ortho intramolecular Hbond substituents is 2. The Morgan fingerprint density at radius 3 is 1.90 bits per heavy atom. The van der Waals surface area contributed by atoms with E-state index in [1.807, 2.05) is 0 Å². The quantitative estimate of drug-likeness (QED) is 0.162. The molecule has 2 rings (SSSR count). The Kier molecular flexibility index (Phi) is 7.70. The van der Waals surface area contributed by atoms with E-state index in [9.17, 15) is 40.9 Å². The Morgan fingerprint density at radius 2 is 1.45 bits per heavy atom. The maximum atomic E-state index is 12.7. The number of ether oxygens (including phenoxy) is 2. The van der Waals surface area contributed by atoms with Crippen LogP contribution >= 0.6 is 0 Å². The van der Waals surface area contributed by atoms with Crippen LogP contribution in [0.3, 0.4) is 0 Å². The first kappa shape index (κ1) is 25.2. The molecule has 0 saturated carbocycles. The minimum absolute atomic E-state index is 0. The first-order chi connectivity index (χ1) is 12.8. The summed E-state index contributed by atoms with van der Waals surface area (Å²) in [5.41, 5.74) is -1.19. The van der Waals surface area contributed by atoms with Crippen molar-refractivity contribution in [1.29, 1.82) is 0 Å². The predicted molar refractivity (Wildman–Crippen MR) is 93.5 cm³/mol. The van der Waals surface area contributed by atoms with Gasteiger partial charge in [-0.1, -0.05) is 0 Å². The number of phenols is 2. The first-order valence-electron chi connectivity index (χ1n) is 7.13. The van der Waals surface area contributed by atoms with Crippen molar-refractivity contribution in [2.24, 2.45) is 0 Å². The fourth-order valence-electron chi connectivity index (χ4n) is 2.35. The zero-order chi connectivity index (χ0) is 21.4. The maximum Gasteiger partial charge on any atom is 1.00 e. The number of benzene rings is 2. The van der Waals surface area contributed by atoms with E-state index in [-0.39, 0.29) is 36.7 Å². The number of hydrogen-bond acceptors (Lipinski definition) is 9. The summed E-state index contributed by atoms with van der Waals surface area (Å²) in [6.45, 7) is 0. The molecule has 4 N–H and O–H groups in total. The van der Waals surface area contributed by atoms with Gasteiger partial charge < -0.3 is 21.1 Å². The second-order valence-corrected chi connectivity index (χ2v) is 8.08. The average molecular weight is 458 g/mol. The second-order valence-electron chi connectivity index (χ2n) is 5.30. The van der Waals surface area contributed by atoms with Crippen LogP contribution in [0.4, 0.5) is 0 Å². The van der Waals surface area contributed by atoms with Gasteiger partial charge in [0, 0.05) is 5.56 Å². The molecule has 2 aromatic rings. The van der Waals surface area contributed by atoms with Crippen LogP contribution in [0.15, 0.2) is 34.1 Å². The Bertz CT molecular complexity index is 1180. The van der Waals surface area contributed by atoms with Crippen molar-refractivity contribution >= 4 is 26.0 Å². The number of carbonyl (C=O) groups excluding carboxylic acids is 1. The molecule has 0 spiro atoms. The molecule has 11 nitrogen and oxygen atoms in total. The van der Waals surface area contributed by atoms with E-state index in [4.69, 9.17) is 4.74 Å². The van der Waals surface area contributed by atoms with E-state index < -0.39 is 64.2 Å². The van der Waals surface area contributed by atoms with Gasteiger partial charge in [0.2, 0.25) is 5.75 Å². The van der Waals surface area contributed by atoms with Crippen LogP contribution < -0.4 is 39.0 Å². The average Bonchev–Trinajstić information content (AvgIpc) is 2.60. The van der Waals surface area contributed by atoms with Gasteiger partial charge in [-0.25, -0.2) is 0 Å². The summed E-state index contributed by atoms with van der Waals surface area (Å²) in [6.07, 6.45) is 0. The summed E-state index contributed by atoms with van der Waals surface area (Å²) in [5, 5.41) is 20.0. The standard InChI is InChI=1S/C15H14O11S2.Na.H/c1-25-9-4-3-7(5-10(9)27(19,20)21)12(16)8-6-11(28(22,23)24)15(26-2)14(18)13(8)17;;/h3-6,17-18H,1-2H3,(H,19,20,21)(H,22,23,24);;/q;+1;-1. The molecule has 0 atom stereocenters. The van der Waals surface area contributed by atoms with E-state index in [1.165, 1.54) is 0 Å². The summed E-state index contributed by atoms with van der Waals surface area (Å²) in [6, 6.07) is 3.39. The van der Waals surface area contributed by atoms with Gasteiger partial charge in [0.05, 0.1) is 19.8 Å². The van der Waals surface area contributed by atoms with Gasteiger partial charge in [0.25, 0.3) is 20.2 Å². The number of hydrogen-bond donors (Lipinski definition) is 4. The van der Waals surface area contributed by atoms with Crippen molar-refractivity contribution < 1.29 is 81.4 Å². The Balaban J connectivity index is 0.00000420. The van der Waals surface area contributed by atoms with Crippen LogP contribution in [0.2, 0.25) is 0 Å². The minimum Gasteiger partial charge on any atom is -1.00 e. The van der Waals surface area contributed by atoms with Crippen LogP contribution in [-0.2, 0) is 20.2 Å². The van der Waals surface area contributed by atoms with Gasteiger partial charge in [-0.3, -0.25) is 13.9 Å². The summed E-state index contributed by atoms with van der Waals surface area (Å²) >= 11 is 0. The number of aromatic hydroxyl groups is 2. The van der Waals surface area contributed by atoms with Crippen LogP contribution in [0.1, 0.15) is 17.3 Å². The van der Waals surface area contributed by atoms with Gasteiger partial charge >= 0.3 is 29.6 Å². The number of rotatable bonds is 6. The Labute approximate surface area is 189 Å². The summed E-state index contributed by atoms with van der Waals surface area (Å²) < 4.78 is 73.9. The molecule has 0 aliphatic carbocycles. The molecular formula is C15H15NaO11S2. The molecule has 0 aliphatic rings. The van der Waals surface area contributed by atoms with Crippen molar-refractivity contribution in [3.05, 3.63) is 35.4 Å². The number of carbonyl (C=O) groups is 1. The zero-order valence-electron chi connectivity index (χ0n) is 16.3. The van der Waals surface area contributed by atoms with Gasteiger partial charge in [-0.05, 0) is 24.3 Å². The van der Waals surface area contributed by atoms with Crippen LogP contribution in [0.5, 0.6) is 23.0 Å². The molecule has 29 heavy (non-hydrogen) atoms. The minimum atomic E-state index is -4.97. The van der Waals surface area contributed by atoms with Crippen LogP contribution in [-0.4, -0.2) is 56.2 Å². The molecule has 0 aliphatic heterocycles. The molecule has 0 unspecified atom stereocenters.